The number of carbonyl (C=O) groups excluding carboxylic acids is 1. The maximum atomic E-state index is 12.8. The van der Waals surface area contributed by atoms with Crippen molar-refractivity contribution in [3.63, 3.8) is 0 Å². The minimum atomic E-state index is -0.382. The Kier molecular flexibility index (Phi) is 7.78. The number of para-hydroxylation sites is 1. The molecular weight excluding hydrogens is 524 g/mol. The summed E-state index contributed by atoms with van der Waals surface area (Å²) in [6.45, 7) is 0.0390. The Bertz CT molecular complexity index is 1270. The van der Waals surface area contributed by atoms with Crippen molar-refractivity contribution in [1.29, 1.82) is 0 Å². The van der Waals surface area contributed by atoms with Crippen LogP contribution in [0.25, 0.3) is 0 Å². The van der Waals surface area contributed by atoms with Crippen LogP contribution in [-0.4, -0.2) is 5.91 Å². The van der Waals surface area contributed by atoms with Crippen LogP contribution >= 0.6 is 58.2 Å². The maximum absolute atomic E-state index is 12.8. The first-order valence-electron chi connectivity index (χ1n) is 9.59. The first-order chi connectivity index (χ1) is 15.9. The highest BCUT2D eigenvalue weighted by atomic mass is 35.5. The van der Waals surface area contributed by atoms with Crippen LogP contribution in [0.3, 0.4) is 0 Å². The van der Waals surface area contributed by atoms with Gasteiger partial charge in [0.15, 0.2) is 11.5 Å². The highest BCUT2D eigenvalue weighted by molar-refractivity contribution is 7.99. The lowest BCUT2D eigenvalue weighted by molar-refractivity contribution is 0.0992. The summed E-state index contributed by atoms with van der Waals surface area (Å²) in [6, 6.07) is 21.3. The van der Waals surface area contributed by atoms with Gasteiger partial charge in [-0.25, -0.2) is 0 Å². The van der Waals surface area contributed by atoms with Crippen LogP contribution in [0.5, 0.6) is 5.75 Å². The number of anilines is 1. The zero-order valence-corrected chi connectivity index (χ0v) is 20.6. The van der Waals surface area contributed by atoms with Crippen molar-refractivity contribution in [3.8, 4) is 5.75 Å². The number of halogens is 4. The molecule has 0 spiro atoms. The van der Waals surface area contributed by atoms with Crippen LogP contribution in [-0.2, 0) is 6.61 Å². The van der Waals surface area contributed by atoms with E-state index in [-0.39, 0.29) is 28.3 Å². The van der Waals surface area contributed by atoms with Crippen molar-refractivity contribution >= 4 is 69.8 Å². The van der Waals surface area contributed by atoms with E-state index in [1.165, 1.54) is 23.9 Å². The molecule has 0 atom stereocenters. The van der Waals surface area contributed by atoms with E-state index in [0.29, 0.717) is 27.2 Å². The molecule has 4 rings (SSSR count). The predicted octanol–water partition coefficient (Wildman–Crippen LogP) is 8.88. The molecule has 0 aliphatic heterocycles. The van der Waals surface area contributed by atoms with E-state index in [4.69, 9.17) is 55.6 Å². The van der Waals surface area contributed by atoms with Crippen LogP contribution < -0.4 is 10.1 Å². The molecule has 0 aliphatic rings. The van der Waals surface area contributed by atoms with Gasteiger partial charge < -0.3 is 14.5 Å². The van der Waals surface area contributed by atoms with E-state index in [1.54, 1.807) is 12.1 Å². The molecule has 0 unspecified atom stereocenters. The number of nitrogens with one attached hydrogen (secondary N) is 1. The zero-order valence-electron chi connectivity index (χ0n) is 16.8. The monoisotopic (exact) mass is 537 g/mol. The van der Waals surface area contributed by atoms with E-state index < -0.39 is 0 Å². The third-order valence-electron chi connectivity index (χ3n) is 4.38. The van der Waals surface area contributed by atoms with Gasteiger partial charge in [-0.1, -0.05) is 70.3 Å². The summed E-state index contributed by atoms with van der Waals surface area (Å²) in [4.78, 5) is 14.7. The average Bonchev–Trinajstić information content (AvgIpc) is 3.25. The number of hydrogen-bond acceptors (Lipinski definition) is 4. The Morgan fingerprint density at radius 2 is 1.58 bits per heavy atom. The van der Waals surface area contributed by atoms with Crippen LogP contribution in [0.15, 0.2) is 87.0 Å². The van der Waals surface area contributed by atoms with Crippen LogP contribution in [0.1, 0.15) is 16.3 Å². The van der Waals surface area contributed by atoms with E-state index in [1.807, 2.05) is 48.5 Å². The molecule has 0 radical (unpaired) electrons. The van der Waals surface area contributed by atoms with Crippen molar-refractivity contribution in [2.45, 2.75) is 16.4 Å². The average molecular weight is 539 g/mol. The molecule has 0 fully saturated rings. The molecule has 1 aromatic heterocycles. The Hall–Kier alpha value is -2.28. The second-order valence-electron chi connectivity index (χ2n) is 6.76. The summed E-state index contributed by atoms with van der Waals surface area (Å²) >= 11 is 25.6. The van der Waals surface area contributed by atoms with Gasteiger partial charge in [0.05, 0.1) is 15.7 Å². The molecule has 1 heterocycles. The van der Waals surface area contributed by atoms with E-state index in [9.17, 15) is 4.79 Å². The predicted molar refractivity (Wildman–Crippen MR) is 134 cm³/mol. The lowest BCUT2D eigenvalue weighted by Crippen LogP contribution is -2.11. The molecule has 9 heteroatoms. The molecule has 1 N–H and O–H groups in total. The van der Waals surface area contributed by atoms with Crippen LogP contribution in [0.2, 0.25) is 20.1 Å². The van der Waals surface area contributed by atoms with Crippen molar-refractivity contribution in [1.82, 2.24) is 0 Å². The number of carbonyl (C=O) groups is 1. The van der Waals surface area contributed by atoms with Gasteiger partial charge in [0.2, 0.25) is 0 Å². The molecule has 4 aromatic rings. The fraction of sp³-hybridized carbons (Fsp3) is 0.0417. The van der Waals surface area contributed by atoms with Crippen molar-refractivity contribution in [3.05, 3.63) is 104 Å². The normalized spacial score (nSPS) is 10.8. The molecule has 0 saturated heterocycles. The molecule has 33 heavy (non-hydrogen) atoms. The molecule has 0 aliphatic carbocycles. The minimum Gasteiger partial charge on any atom is -0.483 e. The van der Waals surface area contributed by atoms with Crippen molar-refractivity contribution in [2.75, 3.05) is 5.32 Å². The lowest BCUT2D eigenvalue weighted by Gasteiger charge is -2.10. The fourth-order valence-corrected chi connectivity index (χ4v) is 4.81. The first-order valence-corrected chi connectivity index (χ1v) is 11.9. The first kappa shape index (κ1) is 23.9. The minimum absolute atomic E-state index is 0.0390. The zero-order chi connectivity index (χ0) is 23.4. The summed E-state index contributed by atoms with van der Waals surface area (Å²) in [6.07, 6.45) is 0. The third-order valence-corrected chi connectivity index (χ3v) is 6.50. The molecule has 3 aromatic carbocycles. The number of amides is 1. The summed E-state index contributed by atoms with van der Waals surface area (Å²) in [5, 5.41) is 4.53. The summed E-state index contributed by atoms with van der Waals surface area (Å²) in [7, 11) is 0. The van der Waals surface area contributed by atoms with E-state index in [0.717, 1.165) is 9.79 Å². The van der Waals surface area contributed by atoms with Gasteiger partial charge >= 0.3 is 0 Å². The quantitative estimate of drug-likeness (QED) is 0.255. The summed E-state index contributed by atoms with van der Waals surface area (Å²) in [5.74, 6) is 0.491. The number of ether oxygens (including phenoxy) is 1. The van der Waals surface area contributed by atoms with E-state index in [2.05, 4.69) is 5.32 Å². The Morgan fingerprint density at radius 3 is 2.30 bits per heavy atom. The number of hydrogen-bond donors (Lipinski definition) is 1. The summed E-state index contributed by atoms with van der Waals surface area (Å²) in [5.41, 5.74) is 0.663. The smallest absolute Gasteiger partial charge is 0.291 e. The molecular formula is C24H15Cl4NO3S. The summed E-state index contributed by atoms with van der Waals surface area (Å²) < 4.78 is 11.3. The molecule has 0 bridgehead atoms. The SMILES string of the molecule is O=C(Nc1ccccc1Sc1ccc(Cl)cc1)c1ccc(COc2c(Cl)cc(Cl)cc2Cl)o1. The van der Waals surface area contributed by atoms with Crippen molar-refractivity contribution in [2.24, 2.45) is 0 Å². The largest absolute Gasteiger partial charge is 0.483 e. The van der Waals surface area contributed by atoms with Crippen molar-refractivity contribution < 1.29 is 13.9 Å². The Labute approximate surface area is 214 Å². The fourth-order valence-electron chi connectivity index (χ4n) is 2.86. The molecule has 1 amide bonds. The maximum Gasteiger partial charge on any atom is 0.291 e. The standard InChI is InChI=1S/C24H15Cl4NO3S/c25-14-5-8-17(9-6-14)33-22-4-2-1-3-20(22)29-24(30)21-10-7-16(32-21)13-31-23-18(27)11-15(26)12-19(23)28/h1-12H,13H2,(H,29,30). The molecule has 168 valence electrons. The molecule has 0 saturated carbocycles. The van der Waals surface area contributed by atoms with Crippen LogP contribution in [0, 0.1) is 0 Å². The van der Waals surface area contributed by atoms with Gasteiger partial charge in [-0.3, -0.25) is 4.79 Å². The van der Waals surface area contributed by atoms with Crippen LogP contribution in [0.4, 0.5) is 5.69 Å². The van der Waals surface area contributed by atoms with E-state index >= 15 is 0 Å². The number of benzene rings is 3. The van der Waals surface area contributed by atoms with Gasteiger partial charge in [0.1, 0.15) is 12.4 Å². The second kappa shape index (κ2) is 10.8. The van der Waals surface area contributed by atoms with Gasteiger partial charge in [-0.2, -0.15) is 0 Å². The number of furan rings is 1. The highest BCUT2D eigenvalue weighted by Crippen LogP contribution is 2.37. The Balaban J connectivity index is 1.43. The lowest BCUT2D eigenvalue weighted by atomic mass is 10.3. The highest BCUT2D eigenvalue weighted by Gasteiger charge is 2.15. The molecule has 4 nitrogen and oxygen atoms in total. The second-order valence-corrected chi connectivity index (χ2v) is 9.56. The van der Waals surface area contributed by atoms with Gasteiger partial charge in [0.25, 0.3) is 5.91 Å². The van der Waals surface area contributed by atoms with Gasteiger partial charge in [-0.15, -0.1) is 0 Å². The number of rotatable bonds is 7. The third kappa shape index (κ3) is 6.19. The Morgan fingerprint density at radius 1 is 0.879 bits per heavy atom. The van der Waals surface area contributed by atoms with Gasteiger partial charge in [0, 0.05) is 19.8 Å². The van der Waals surface area contributed by atoms with Gasteiger partial charge in [-0.05, 0) is 60.7 Å². The topological polar surface area (TPSA) is 51.5 Å².